The maximum atomic E-state index is 4.39. The number of nitrogens with one attached hydrogen (secondary N) is 3. The standard InChI is InChI=1S/C11H19N5S/c1-2-15-16(10-6-12-7-10)11(1)14-5-9-8-17-4-3-13-9/h1-2,9-10,12-14H,3-8H2. The summed E-state index contributed by atoms with van der Waals surface area (Å²) in [5, 5.41) is 14.7. The highest BCUT2D eigenvalue weighted by atomic mass is 32.2. The number of nitrogens with zero attached hydrogens (tertiary/aromatic N) is 2. The molecule has 0 saturated carbocycles. The molecule has 5 nitrogen and oxygen atoms in total. The minimum absolute atomic E-state index is 0.529. The molecule has 1 aromatic heterocycles. The topological polar surface area (TPSA) is 53.9 Å². The molecule has 3 rings (SSSR count). The smallest absolute Gasteiger partial charge is 0.124 e. The van der Waals surface area contributed by atoms with Crippen molar-refractivity contribution in [2.24, 2.45) is 0 Å². The fourth-order valence-electron chi connectivity index (χ4n) is 2.17. The van der Waals surface area contributed by atoms with E-state index in [0.717, 1.165) is 32.0 Å². The fraction of sp³-hybridized carbons (Fsp3) is 0.727. The van der Waals surface area contributed by atoms with E-state index in [1.165, 1.54) is 11.5 Å². The average molecular weight is 253 g/mol. The Hall–Kier alpha value is -0.720. The predicted molar refractivity (Wildman–Crippen MR) is 71.7 cm³/mol. The van der Waals surface area contributed by atoms with Gasteiger partial charge < -0.3 is 16.0 Å². The van der Waals surface area contributed by atoms with Crippen LogP contribution in [0.3, 0.4) is 0 Å². The third kappa shape index (κ3) is 2.59. The maximum Gasteiger partial charge on any atom is 0.124 e. The summed E-state index contributed by atoms with van der Waals surface area (Å²) in [6.45, 7) is 4.18. The van der Waals surface area contributed by atoms with Gasteiger partial charge in [-0.25, -0.2) is 4.68 Å². The number of anilines is 1. The van der Waals surface area contributed by atoms with Gasteiger partial charge in [0.15, 0.2) is 0 Å². The molecule has 3 N–H and O–H groups in total. The number of rotatable bonds is 4. The fourth-order valence-corrected chi connectivity index (χ4v) is 3.12. The van der Waals surface area contributed by atoms with Crippen molar-refractivity contribution >= 4 is 17.6 Å². The number of hydrogen-bond acceptors (Lipinski definition) is 5. The number of thioether (sulfide) groups is 1. The molecular weight excluding hydrogens is 234 g/mol. The summed E-state index contributed by atoms with van der Waals surface area (Å²) in [4.78, 5) is 0. The summed E-state index contributed by atoms with van der Waals surface area (Å²) in [5.74, 6) is 3.59. The molecule has 0 radical (unpaired) electrons. The molecule has 0 aromatic carbocycles. The molecule has 0 amide bonds. The normalized spacial score (nSPS) is 25.5. The molecule has 1 atom stereocenters. The summed E-state index contributed by atoms with van der Waals surface area (Å²) in [7, 11) is 0. The van der Waals surface area contributed by atoms with Crippen LogP contribution < -0.4 is 16.0 Å². The molecule has 2 fully saturated rings. The van der Waals surface area contributed by atoms with E-state index in [9.17, 15) is 0 Å². The van der Waals surface area contributed by atoms with E-state index in [1.54, 1.807) is 0 Å². The Balaban J connectivity index is 1.55. The van der Waals surface area contributed by atoms with Crippen molar-refractivity contribution in [1.82, 2.24) is 20.4 Å². The first kappa shape index (κ1) is 11.4. The molecule has 2 aliphatic heterocycles. The van der Waals surface area contributed by atoms with E-state index >= 15 is 0 Å². The zero-order valence-electron chi connectivity index (χ0n) is 9.85. The Morgan fingerprint density at radius 1 is 1.53 bits per heavy atom. The quantitative estimate of drug-likeness (QED) is 0.713. The van der Waals surface area contributed by atoms with Gasteiger partial charge in [-0.2, -0.15) is 16.9 Å². The Kier molecular flexibility index (Phi) is 3.54. The first-order valence-corrected chi connectivity index (χ1v) is 7.38. The predicted octanol–water partition coefficient (Wildman–Crippen LogP) is 0.144. The van der Waals surface area contributed by atoms with E-state index < -0.39 is 0 Å². The van der Waals surface area contributed by atoms with Crippen LogP contribution in [0.5, 0.6) is 0 Å². The van der Waals surface area contributed by atoms with Crippen molar-refractivity contribution in [3.8, 4) is 0 Å². The molecule has 0 aliphatic carbocycles. The summed E-state index contributed by atoms with van der Waals surface area (Å²) >= 11 is 2.03. The van der Waals surface area contributed by atoms with Gasteiger partial charge >= 0.3 is 0 Å². The number of aromatic nitrogens is 2. The zero-order chi connectivity index (χ0) is 11.5. The monoisotopic (exact) mass is 253 g/mol. The van der Waals surface area contributed by atoms with Crippen molar-refractivity contribution < 1.29 is 0 Å². The van der Waals surface area contributed by atoms with Gasteiger partial charge in [-0.1, -0.05) is 0 Å². The highest BCUT2D eigenvalue weighted by Crippen LogP contribution is 2.17. The minimum atomic E-state index is 0.529. The zero-order valence-corrected chi connectivity index (χ0v) is 10.7. The lowest BCUT2D eigenvalue weighted by Gasteiger charge is -2.29. The van der Waals surface area contributed by atoms with Crippen LogP contribution in [0.2, 0.25) is 0 Å². The molecule has 3 heterocycles. The third-order valence-corrected chi connectivity index (χ3v) is 4.43. The highest BCUT2D eigenvalue weighted by molar-refractivity contribution is 7.99. The van der Waals surface area contributed by atoms with Gasteiger partial charge in [0.25, 0.3) is 0 Å². The first-order chi connectivity index (χ1) is 8.43. The molecule has 2 saturated heterocycles. The van der Waals surface area contributed by atoms with Gasteiger partial charge in [-0.15, -0.1) is 0 Å². The maximum absolute atomic E-state index is 4.39. The van der Waals surface area contributed by atoms with Crippen LogP contribution >= 0.6 is 11.8 Å². The van der Waals surface area contributed by atoms with Crippen LogP contribution in [0, 0.1) is 0 Å². The van der Waals surface area contributed by atoms with Crippen LogP contribution in [-0.4, -0.2) is 53.5 Å². The third-order valence-electron chi connectivity index (χ3n) is 3.30. The molecule has 1 unspecified atom stereocenters. The molecule has 17 heavy (non-hydrogen) atoms. The summed E-state index contributed by atoms with van der Waals surface area (Å²) in [5.41, 5.74) is 0. The van der Waals surface area contributed by atoms with Crippen LogP contribution in [0.25, 0.3) is 0 Å². The number of hydrogen-bond donors (Lipinski definition) is 3. The van der Waals surface area contributed by atoms with Crippen LogP contribution in [0.4, 0.5) is 5.82 Å². The molecular formula is C11H19N5S. The van der Waals surface area contributed by atoms with Gasteiger partial charge in [0, 0.05) is 49.8 Å². The minimum Gasteiger partial charge on any atom is -0.369 e. The SMILES string of the molecule is c1cc(NCC2CSCCN2)n(C2CNC2)n1. The van der Waals surface area contributed by atoms with Crippen LogP contribution in [0.1, 0.15) is 6.04 Å². The second-order valence-corrected chi connectivity index (χ2v) is 5.73. The summed E-state index contributed by atoms with van der Waals surface area (Å²) in [6, 6.07) is 3.17. The first-order valence-electron chi connectivity index (χ1n) is 6.23. The molecule has 2 aliphatic rings. The molecule has 6 heteroatoms. The second kappa shape index (κ2) is 5.29. The van der Waals surface area contributed by atoms with Crippen molar-refractivity contribution in [2.45, 2.75) is 12.1 Å². The Labute approximate surface area is 106 Å². The average Bonchev–Trinajstić information content (AvgIpc) is 2.74. The highest BCUT2D eigenvalue weighted by Gasteiger charge is 2.22. The largest absolute Gasteiger partial charge is 0.369 e. The van der Waals surface area contributed by atoms with Crippen molar-refractivity contribution in [2.75, 3.05) is 43.0 Å². The van der Waals surface area contributed by atoms with Gasteiger partial charge in [0.05, 0.1) is 12.2 Å². The lowest BCUT2D eigenvalue weighted by molar-refractivity contribution is 0.321. The van der Waals surface area contributed by atoms with E-state index in [0.29, 0.717) is 12.1 Å². The molecule has 1 aromatic rings. The molecule has 0 bridgehead atoms. The van der Waals surface area contributed by atoms with Crippen molar-refractivity contribution in [1.29, 1.82) is 0 Å². The Morgan fingerprint density at radius 3 is 3.18 bits per heavy atom. The lowest BCUT2D eigenvalue weighted by atomic mass is 10.2. The molecule has 0 spiro atoms. The van der Waals surface area contributed by atoms with E-state index in [1.807, 2.05) is 18.0 Å². The van der Waals surface area contributed by atoms with Gasteiger partial charge in [0.1, 0.15) is 5.82 Å². The van der Waals surface area contributed by atoms with Gasteiger partial charge in [-0.3, -0.25) is 0 Å². The van der Waals surface area contributed by atoms with Crippen molar-refractivity contribution in [3.05, 3.63) is 12.3 Å². The lowest BCUT2D eigenvalue weighted by Crippen LogP contribution is -2.45. The van der Waals surface area contributed by atoms with Crippen molar-refractivity contribution in [3.63, 3.8) is 0 Å². The van der Waals surface area contributed by atoms with Gasteiger partial charge in [-0.05, 0) is 0 Å². The van der Waals surface area contributed by atoms with Crippen LogP contribution in [0.15, 0.2) is 12.3 Å². The van der Waals surface area contributed by atoms with Crippen LogP contribution in [-0.2, 0) is 0 Å². The van der Waals surface area contributed by atoms with E-state index in [-0.39, 0.29) is 0 Å². The molecule has 94 valence electrons. The Morgan fingerprint density at radius 2 is 2.47 bits per heavy atom. The summed E-state index contributed by atoms with van der Waals surface area (Å²) in [6.07, 6.45) is 1.88. The second-order valence-electron chi connectivity index (χ2n) is 4.58. The van der Waals surface area contributed by atoms with Gasteiger partial charge in [0.2, 0.25) is 0 Å². The van der Waals surface area contributed by atoms with E-state index in [4.69, 9.17) is 0 Å². The Bertz CT molecular complexity index is 356. The van der Waals surface area contributed by atoms with E-state index in [2.05, 4.69) is 31.8 Å². The summed E-state index contributed by atoms with van der Waals surface area (Å²) < 4.78 is 2.10.